The van der Waals surface area contributed by atoms with Gasteiger partial charge in [-0.1, -0.05) is 150 Å². The van der Waals surface area contributed by atoms with E-state index in [4.69, 9.17) is 4.98 Å². The van der Waals surface area contributed by atoms with Crippen LogP contribution in [-0.4, -0.2) is 17.1 Å². The molecule has 0 saturated heterocycles. The van der Waals surface area contributed by atoms with E-state index >= 15 is 0 Å². The molecule has 0 unspecified atom stereocenters. The average Bonchev–Trinajstić information content (AvgIpc) is 3.43. The summed E-state index contributed by atoms with van der Waals surface area (Å²) >= 11 is 1.83. The van der Waals surface area contributed by atoms with Crippen LogP contribution in [0.4, 0.5) is 0 Å². The second kappa shape index (κ2) is 14.8. The number of hydrogen-bond acceptors (Lipinski definition) is 2. The van der Waals surface area contributed by atoms with Crippen molar-refractivity contribution in [1.29, 1.82) is 0 Å². The van der Waals surface area contributed by atoms with Gasteiger partial charge >= 0.3 is 20.1 Å². The van der Waals surface area contributed by atoms with Gasteiger partial charge in [-0.15, -0.1) is 52.6 Å². The van der Waals surface area contributed by atoms with Crippen molar-refractivity contribution in [1.82, 2.24) is 4.98 Å². The molecule has 2 heterocycles. The Morgan fingerprint density at radius 1 is 0.681 bits per heavy atom. The Balaban J connectivity index is 0.000000231. The van der Waals surface area contributed by atoms with Crippen LogP contribution in [0.5, 0.6) is 0 Å². The Bertz CT molecular complexity index is 2100. The van der Waals surface area contributed by atoms with Crippen LogP contribution in [0.3, 0.4) is 0 Å². The van der Waals surface area contributed by atoms with Crippen molar-refractivity contribution in [3.05, 3.63) is 137 Å². The Hall–Kier alpha value is -3.44. The number of nitrogens with zero attached hydrogens (tertiary/aromatic N) is 3. The fraction of sp³-hybridized carbons (Fsp3) is 0.262. The Morgan fingerprint density at radius 3 is 1.91 bits per heavy atom. The van der Waals surface area contributed by atoms with Crippen molar-refractivity contribution in [3.8, 4) is 11.3 Å². The maximum atomic E-state index is 5.18. The average molecular weight is 813 g/mol. The first-order valence-corrected chi connectivity index (χ1v) is 17.0. The molecule has 0 radical (unpaired) electrons. The fourth-order valence-corrected chi connectivity index (χ4v) is 7.22. The van der Waals surface area contributed by atoms with Gasteiger partial charge in [-0.05, 0) is 17.5 Å². The number of hydrogen-bond donors (Lipinski definition) is 0. The Morgan fingerprint density at radius 2 is 1.26 bits per heavy atom. The quantitative estimate of drug-likeness (QED) is 0.154. The second-order valence-corrected chi connectivity index (χ2v) is 14.5. The first kappa shape index (κ1) is 34.9. The minimum Gasteiger partial charge on any atom is -0.672 e. The Kier molecular flexibility index (Phi) is 11.0. The summed E-state index contributed by atoms with van der Waals surface area (Å²) in [5.74, 6) is 0. The molecule has 47 heavy (non-hydrogen) atoms. The number of aromatic nitrogens is 1. The first-order chi connectivity index (χ1) is 22.1. The van der Waals surface area contributed by atoms with Gasteiger partial charge in [-0.2, -0.15) is 0 Å². The molecule has 0 N–H and O–H groups in total. The van der Waals surface area contributed by atoms with Crippen LogP contribution in [0.1, 0.15) is 65.8 Å². The third-order valence-electron chi connectivity index (χ3n) is 8.03. The maximum absolute atomic E-state index is 5.18. The molecule has 0 aliphatic rings. The Labute approximate surface area is 297 Å². The van der Waals surface area contributed by atoms with Crippen molar-refractivity contribution >= 4 is 53.2 Å². The van der Waals surface area contributed by atoms with Gasteiger partial charge in [-0.3, -0.25) is 4.98 Å². The monoisotopic (exact) mass is 813 g/mol. The largest absolute Gasteiger partial charge is 3.00 e. The van der Waals surface area contributed by atoms with E-state index < -0.39 is 0 Å². The number of fused-ring (bicyclic) bond motifs is 6. The smallest absolute Gasteiger partial charge is 0.672 e. The van der Waals surface area contributed by atoms with Gasteiger partial charge < -0.3 is 10.6 Å². The molecule has 5 aromatic carbocycles. The fourth-order valence-electron chi connectivity index (χ4n) is 5.99. The molecule has 0 amide bonds. The number of rotatable bonds is 6. The number of para-hydroxylation sites is 1. The van der Waals surface area contributed by atoms with Gasteiger partial charge in [0.1, 0.15) is 0 Å². The molecule has 240 valence electrons. The molecule has 0 aliphatic heterocycles. The van der Waals surface area contributed by atoms with Gasteiger partial charge in [0, 0.05) is 31.3 Å². The van der Waals surface area contributed by atoms with E-state index in [1.54, 1.807) is 0 Å². The van der Waals surface area contributed by atoms with Crippen LogP contribution in [0.25, 0.3) is 63.7 Å². The van der Waals surface area contributed by atoms with Crippen LogP contribution in [0.2, 0.25) is 0 Å². The van der Waals surface area contributed by atoms with Crippen molar-refractivity contribution in [2.45, 2.75) is 72.1 Å². The standard InChI is InChI=1S/C29H22NS.C13H20N2.Ir/c1-29(2,3)23-17-19(16-18-10-4-5-11-20(18)23)27-28-26(21-12-6-8-14-24(21)30-27)22-13-7-9-15-25(22)31-28;1-10(2)14-13(15-11(3)4)12-8-6-5-7-9-12;/h4-15,17H,1-3H3;5-11,13H,1-4H3;/q-1;-2;+3. The van der Waals surface area contributed by atoms with E-state index in [0.717, 1.165) is 22.2 Å². The van der Waals surface area contributed by atoms with Crippen molar-refractivity contribution in [2.75, 3.05) is 0 Å². The van der Waals surface area contributed by atoms with Crippen LogP contribution in [0, 0.1) is 6.07 Å². The minimum atomic E-state index is -0.00815. The summed E-state index contributed by atoms with van der Waals surface area (Å²) in [4.78, 5) is 5.18. The molecule has 0 saturated carbocycles. The van der Waals surface area contributed by atoms with Crippen molar-refractivity contribution in [2.24, 2.45) is 0 Å². The number of pyridine rings is 1. The van der Waals surface area contributed by atoms with Crippen LogP contribution >= 0.6 is 11.3 Å². The summed E-state index contributed by atoms with van der Waals surface area (Å²) in [6.45, 7) is 15.2. The summed E-state index contributed by atoms with van der Waals surface area (Å²) in [6.07, 6.45) is -0.00815. The SMILES string of the molecule is CC(C)(C)c1cc(-c2nc3ccccc3c3c2sc2ccccc23)[c-]c2ccccc12.CC(C)[N-]C([N-]C(C)C)c1ccccc1.[Ir+3]. The molecule has 0 fully saturated rings. The van der Waals surface area contributed by atoms with E-state index in [0.29, 0.717) is 12.1 Å². The molecule has 0 aliphatic carbocycles. The summed E-state index contributed by atoms with van der Waals surface area (Å²) in [6, 6.07) is 42.7. The number of thiophene rings is 1. The molecular formula is C42H42IrN3S. The van der Waals surface area contributed by atoms with E-state index in [1.165, 1.54) is 42.1 Å². The van der Waals surface area contributed by atoms with Crippen molar-refractivity contribution in [3.63, 3.8) is 0 Å². The van der Waals surface area contributed by atoms with E-state index in [-0.39, 0.29) is 31.7 Å². The zero-order valence-electron chi connectivity index (χ0n) is 28.2. The summed E-state index contributed by atoms with van der Waals surface area (Å²) in [7, 11) is 0. The second-order valence-electron chi connectivity index (χ2n) is 13.4. The molecule has 0 atom stereocenters. The van der Waals surface area contributed by atoms with Gasteiger partial charge in [0.25, 0.3) is 0 Å². The van der Waals surface area contributed by atoms with Gasteiger partial charge in [-0.25, -0.2) is 6.17 Å². The van der Waals surface area contributed by atoms with E-state index in [1.807, 2.05) is 29.5 Å². The molecular weight excluding hydrogens is 771 g/mol. The van der Waals surface area contributed by atoms with Crippen LogP contribution in [0.15, 0.2) is 109 Å². The molecule has 5 heteroatoms. The summed E-state index contributed by atoms with van der Waals surface area (Å²) < 4.78 is 2.54. The molecule has 7 rings (SSSR count). The molecule has 2 aromatic heterocycles. The van der Waals surface area contributed by atoms with Gasteiger partial charge in [0.2, 0.25) is 0 Å². The zero-order valence-corrected chi connectivity index (χ0v) is 31.4. The molecule has 7 aromatic rings. The zero-order chi connectivity index (χ0) is 32.4. The summed E-state index contributed by atoms with van der Waals surface area (Å²) in [5.41, 5.74) is 5.69. The maximum Gasteiger partial charge on any atom is 3.00 e. The molecule has 0 spiro atoms. The third-order valence-corrected chi connectivity index (χ3v) is 9.21. The van der Waals surface area contributed by atoms with Gasteiger partial charge in [0.15, 0.2) is 0 Å². The molecule has 0 bridgehead atoms. The first-order valence-electron chi connectivity index (χ1n) is 16.2. The minimum absolute atomic E-state index is 0. The topological polar surface area (TPSA) is 41.1 Å². The van der Waals surface area contributed by atoms with Gasteiger partial charge in [0.05, 0.1) is 5.52 Å². The summed E-state index contributed by atoms with van der Waals surface area (Å²) in [5, 5.41) is 15.5. The predicted molar refractivity (Wildman–Crippen MR) is 201 cm³/mol. The molecule has 3 nitrogen and oxygen atoms in total. The van der Waals surface area contributed by atoms with E-state index in [9.17, 15) is 0 Å². The normalized spacial score (nSPS) is 11.9. The van der Waals surface area contributed by atoms with Crippen molar-refractivity contribution < 1.29 is 20.1 Å². The number of benzene rings is 5. The van der Waals surface area contributed by atoms with E-state index in [2.05, 4.69) is 156 Å². The third kappa shape index (κ3) is 7.67. The van der Waals surface area contributed by atoms with Crippen LogP contribution in [-0.2, 0) is 25.5 Å². The van der Waals surface area contributed by atoms with Crippen LogP contribution < -0.4 is 0 Å². The predicted octanol–water partition coefficient (Wildman–Crippen LogP) is 12.8.